The van der Waals surface area contributed by atoms with Crippen molar-refractivity contribution < 1.29 is 14.3 Å². The van der Waals surface area contributed by atoms with Gasteiger partial charge in [0.15, 0.2) is 0 Å². The first-order chi connectivity index (χ1) is 13.5. The minimum Gasteiger partial charge on any atom is -0.459 e. The minimum atomic E-state index is -0.727. The molecule has 0 unspecified atom stereocenters. The Kier molecular flexibility index (Phi) is 6.47. The van der Waals surface area contributed by atoms with Crippen LogP contribution in [0.2, 0.25) is 0 Å². The maximum atomic E-state index is 12.7. The molecule has 0 radical (unpaired) electrons. The van der Waals surface area contributed by atoms with Crippen LogP contribution in [0.5, 0.6) is 0 Å². The molecule has 144 valence electrons. The number of ether oxygens (including phenoxy) is 1. The second-order valence-corrected chi connectivity index (χ2v) is 7.78. The van der Waals surface area contributed by atoms with Gasteiger partial charge in [0.25, 0.3) is 5.91 Å². The number of amides is 1. The van der Waals surface area contributed by atoms with Crippen LogP contribution in [0.4, 0.5) is 0 Å². The summed E-state index contributed by atoms with van der Waals surface area (Å²) in [6.45, 7) is 3.92. The molecule has 0 aliphatic carbocycles. The number of benzene rings is 3. The summed E-state index contributed by atoms with van der Waals surface area (Å²) in [4.78, 5) is 25.3. The first kappa shape index (κ1) is 20.1. The zero-order chi connectivity index (χ0) is 20.1. The number of hydrogen-bond donors (Lipinski definition) is 1. The average molecular weight is 440 g/mol. The monoisotopic (exact) mass is 439 g/mol. The van der Waals surface area contributed by atoms with Gasteiger partial charge in [0.05, 0.1) is 5.56 Å². The van der Waals surface area contributed by atoms with Gasteiger partial charge in [0.1, 0.15) is 12.6 Å². The number of fused-ring (bicyclic) bond motifs is 1. The number of hydrogen-bond acceptors (Lipinski definition) is 3. The fraction of sp³-hybridized carbons (Fsp3) is 0.217. The van der Waals surface area contributed by atoms with E-state index in [4.69, 9.17) is 4.74 Å². The number of esters is 1. The largest absolute Gasteiger partial charge is 0.459 e. The van der Waals surface area contributed by atoms with E-state index < -0.39 is 12.0 Å². The van der Waals surface area contributed by atoms with Gasteiger partial charge in [-0.05, 0) is 50.3 Å². The van der Waals surface area contributed by atoms with E-state index in [1.165, 1.54) is 0 Å². The Balaban J connectivity index is 1.71. The van der Waals surface area contributed by atoms with Crippen molar-refractivity contribution in [3.05, 3.63) is 82.3 Å². The van der Waals surface area contributed by atoms with Crippen molar-refractivity contribution in [3.8, 4) is 0 Å². The van der Waals surface area contributed by atoms with Crippen LogP contribution < -0.4 is 5.32 Å². The average Bonchev–Trinajstić information content (AvgIpc) is 2.70. The van der Waals surface area contributed by atoms with Gasteiger partial charge in [0, 0.05) is 4.47 Å². The van der Waals surface area contributed by atoms with Gasteiger partial charge in [-0.25, -0.2) is 4.79 Å². The maximum absolute atomic E-state index is 12.7. The van der Waals surface area contributed by atoms with Gasteiger partial charge >= 0.3 is 5.97 Å². The first-order valence-corrected chi connectivity index (χ1v) is 9.95. The van der Waals surface area contributed by atoms with Crippen LogP contribution in [0.1, 0.15) is 29.8 Å². The summed E-state index contributed by atoms with van der Waals surface area (Å²) in [6, 6.07) is 20.3. The number of rotatable bonds is 6. The second-order valence-electron chi connectivity index (χ2n) is 6.92. The third-order valence-electron chi connectivity index (χ3n) is 4.58. The molecule has 0 heterocycles. The smallest absolute Gasteiger partial charge is 0.329 e. The van der Waals surface area contributed by atoms with E-state index in [-0.39, 0.29) is 18.4 Å². The summed E-state index contributed by atoms with van der Waals surface area (Å²) in [5.74, 6) is -0.858. The Bertz CT molecular complexity index is 995. The summed E-state index contributed by atoms with van der Waals surface area (Å²) >= 11 is 3.37. The predicted octanol–water partition coefficient (Wildman–Crippen LogP) is 5.10. The molecule has 3 aromatic carbocycles. The zero-order valence-electron chi connectivity index (χ0n) is 15.8. The highest BCUT2D eigenvalue weighted by Gasteiger charge is 2.27. The van der Waals surface area contributed by atoms with Crippen LogP contribution in [0.15, 0.2) is 71.2 Å². The lowest BCUT2D eigenvalue weighted by Gasteiger charge is -2.21. The normalized spacial score (nSPS) is 12.0. The maximum Gasteiger partial charge on any atom is 0.329 e. The quantitative estimate of drug-likeness (QED) is 0.543. The van der Waals surface area contributed by atoms with Gasteiger partial charge in [-0.3, -0.25) is 4.79 Å². The van der Waals surface area contributed by atoms with Crippen molar-refractivity contribution in [3.63, 3.8) is 0 Å². The zero-order valence-corrected chi connectivity index (χ0v) is 17.4. The summed E-state index contributed by atoms with van der Waals surface area (Å²) < 4.78 is 6.24. The fourth-order valence-corrected chi connectivity index (χ4v) is 3.48. The molecule has 0 saturated carbocycles. The Morgan fingerprint density at radius 1 is 0.964 bits per heavy atom. The number of nitrogens with one attached hydrogen (secondary N) is 1. The van der Waals surface area contributed by atoms with Crippen molar-refractivity contribution in [2.45, 2.75) is 26.5 Å². The van der Waals surface area contributed by atoms with Crippen LogP contribution in [0.25, 0.3) is 10.8 Å². The SMILES string of the molecule is CC(C)[C@H](NC(=O)c1ccccc1Br)C(=O)OCc1cccc2ccccc12. The number of carbonyl (C=O) groups excluding carboxylic acids is 2. The van der Waals surface area contributed by atoms with Crippen LogP contribution in [-0.4, -0.2) is 17.9 Å². The van der Waals surface area contributed by atoms with Crippen molar-refractivity contribution in [2.24, 2.45) is 5.92 Å². The molecule has 3 rings (SSSR count). The Hall–Kier alpha value is -2.66. The van der Waals surface area contributed by atoms with Gasteiger partial charge in [-0.2, -0.15) is 0 Å². The highest BCUT2D eigenvalue weighted by molar-refractivity contribution is 9.10. The van der Waals surface area contributed by atoms with E-state index in [1.807, 2.05) is 62.4 Å². The summed E-state index contributed by atoms with van der Waals surface area (Å²) in [5.41, 5.74) is 1.42. The van der Waals surface area contributed by atoms with E-state index in [1.54, 1.807) is 18.2 Å². The van der Waals surface area contributed by atoms with Gasteiger partial charge < -0.3 is 10.1 Å². The van der Waals surface area contributed by atoms with E-state index >= 15 is 0 Å². The van der Waals surface area contributed by atoms with E-state index in [2.05, 4.69) is 21.2 Å². The Labute approximate surface area is 173 Å². The molecule has 0 spiro atoms. The minimum absolute atomic E-state index is 0.105. The summed E-state index contributed by atoms with van der Waals surface area (Å²) in [6.07, 6.45) is 0. The highest BCUT2D eigenvalue weighted by Crippen LogP contribution is 2.20. The van der Waals surface area contributed by atoms with Gasteiger partial charge in [-0.1, -0.05) is 68.4 Å². The molecule has 1 amide bonds. The van der Waals surface area contributed by atoms with Crippen LogP contribution in [0.3, 0.4) is 0 Å². The molecular weight excluding hydrogens is 418 g/mol. The van der Waals surface area contributed by atoms with E-state index in [9.17, 15) is 9.59 Å². The molecule has 28 heavy (non-hydrogen) atoms. The second kappa shape index (κ2) is 9.02. The third-order valence-corrected chi connectivity index (χ3v) is 5.27. The molecule has 0 bridgehead atoms. The van der Waals surface area contributed by atoms with Crippen molar-refractivity contribution in [1.82, 2.24) is 5.32 Å². The van der Waals surface area contributed by atoms with Crippen LogP contribution in [0, 0.1) is 5.92 Å². The van der Waals surface area contributed by atoms with Crippen molar-refractivity contribution in [1.29, 1.82) is 0 Å². The van der Waals surface area contributed by atoms with E-state index in [0.717, 1.165) is 16.3 Å². The lowest BCUT2D eigenvalue weighted by Crippen LogP contribution is -2.45. The van der Waals surface area contributed by atoms with Crippen LogP contribution in [-0.2, 0) is 16.1 Å². The Morgan fingerprint density at radius 3 is 2.39 bits per heavy atom. The molecule has 0 aliphatic rings. The number of carbonyl (C=O) groups is 2. The van der Waals surface area contributed by atoms with Crippen molar-refractivity contribution >= 4 is 38.6 Å². The predicted molar refractivity (Wildman–Crippen MR) is 114 cm³/mol. The molecule has 0 aliphatic heterocycles. The molecule has 1 N–H and O–H groups in total. The number of halogens is 1. The molecule has 4 nitrogen and oxygen atoms in total. The molecule has 0 aromatic heterocycles. The molecule has 0 fully saturated rings. The standard InChI is InChI=1S/C23H22BrNO3/c1-15(2)21(25-22(26)19-12-5-6-13-20(19)24)23(27)28-14-17-10-7-9-16-8-3-4-11-18(16)17/h3-13,15,21H,14H2,1-2H3,(H,25,26)/t21-/m0/s1. The molecular formula is C23H22BrNO3. The topological polar surface area (TPSA) is 55.4 Å². The molecule has 0 saturated heterocycles. The lowest BCUT2D eigenvalue weighted by molar-refractivity contribution is -0.148. The molecule has 3 aromatic rings. The first-order valence-electron chi connectivity index (χ1n) is 9.16. The van der Waals surface area contributed by atoms with Crippen LogP contribution >= 0.6 is 15.9 Å². The third kappa shape index (κ3) is 4.60. The highest BCUT2D eigenvalue weighted by atomic mass is 79.9. The van der Waals surface area contributed by atoms with Gasteiger partial charge in [0.2, 0.25) is 0 Å². The Morgan fingerprint density at radius 2 is 1.64 bits per heavy atom. The van der Waals surface area contributed by atoms with E-state index in [0.29, 0.717) is 10.0 Å². The van der Waals surface area contributed by atoms with Crippen molar-refractivity contribution in [2.75, 3.05) is 0 Å². The summed E-state index contributed by atoms with van der Waals surface area (Å²) in [5, 5.41) is 4.95. The summed E-state index contributed by atoms with van der Waals surface area (Å²) in [7, 11) is 0. The molecule has 5 heteroatoms. The lowest BCUT2D eigenvalue weighted by atomic mass is 10.0. The fourth-order valence-electron chi connectivity index (χ4n) is 3.02. The molecule has 1 atom stereocenters. The van der Waals surface area contributed by atoms with Gasteiger partial charge in [-0.15, -0.1) is 0 Å².